The normalized spacial score (nSPS) is 10.7. The van der Waals surface area contributed by atoms with Gasteiger partial charge in [0.05, 0.1) is 6.54 Å². The Morgan fingerprint density at radius 2 is 2.05 bits per heavy atom. The molecule has 0 aliphatic carbocycles. The van der Waals surface area contributed by atoms with E-state index in [0.717, 1.165) is 22.8 Å². The van der Waals surface area contributed by atoms with E-state index in [1.165, 1.54) is 12.1 Å². The van der Waals surface area contributed by atoms with E-state index in [-0.39, 0.29) is 5.82 Å². The van der Waals surface area contributed by atoms with E-state index in [9.17, 15) is 4.39 Å². The van der Waals surface area contributed by atoms with Crippen molar-refractivity contribution in [2.24, 2.45) is 5.73 Å². The molecule has 0 radical (unpaired) electrons. The molecular formula is C15H19FN2O. The van der Waals surface area contributed by atoms with Crippen LogP contribution in [0, 0.1) is 12.7 Å². The van der Waals surface area contributed by atoms with Crippen molar-refractivity contribution in [3.8, 4) is 0 Å². The topological polar surface area (TPSA) is 42.4 Å². The quantitative estimate of drug-likeness (QED) is 0.901. The van der Waals surface area contributed by atoms with Gasteiger partial charge in [-0.3, -0.25) is 0 Å². The minimum absolute atomic E-state index is 0.233. The molecule has 2 rings (SSSR count). The summed E-state index contributed by atoms with van der Waals surface area (Å²) in [6, 6.07) is 8.88. The van der Waals surface area contributed by atoms with Crippen LogP contribution in [0.2, 0.25) is 0 Å². The highest BCUT2D eigenvalue weighted by Gasteiger charge is 2.08. The van der Waals surface area contributed by atoms with Crippen molar-refractivity contribution in [3.05, 3.63) is 53.2 Å². The predicted octanol–water partition coefficient (Wildman–Crippen LogP) is 2.86. The Labute approximate surface area is 112 Å². The van der Waals surface area contributed by atoms with Gasteiger partial charge in [0, 0.05) is 12.7 Å². The van der Waals surface area contributed by atoms with Crippen molar-refractivity contribution in [1.82, 2.24) is 0 Å². The number of hydrogen-bond acceptors (Lipinski definition) is 3. The molecule has 2 N–H and O–H groups in total. The lowest BCUT2D eigenvalue weighted by Gasteiger charge is -2.19. The van der Waals surface area contributed by atoms with E-state index in [4.69, 9.17) is 10.2 Å². The second-order valence-electron chi connectivity index (χ2n) is 4.72. The number of anilines is 1. The zero-order valence-electron chi connectivity index (χ0n) is 11.3. The standard InChI is InChI=1S/C15H19FN2O/c1-11-3-4-15(19-11)10-18(2)14-8-12(5-6-17)7-13(16)9-14/h3-4,7-9H,5-6,10,17H2,1-2H3. The summed E-state index contributed by atoms with van der Waals surface area (Å²) in [7, 11) is 1.92. The maximum Gasteiger partial charge on any atom is 0.125 e. The molecule has 0 bridgehead atoms. The lowest BCUT2D eigenvalue weighted by atomic mass is 10.1. The predicted molar refractivity (Wildman–Crippen MR) is 74.7 cm³/mol. The lowest BCUT2D eigenvalue weighted by molar-refractivity contribution is 0.481. The molecule has 0 saturated carbocycles. The van der Waals surface area contributed by atoms with Crippen LogP contribution in [-0.2, 0) is 13.0 Å². The fourth-order valence-corrected chi connectivity index (χ4v) is 2.06. The summed E-state index contributed by atoms with van der Waals surface area (Å²) in [5.74, 6) is 1.51. The molecule has 0 aliphatic heterocycles. The molecule has 2 aromatic rings. The largest absolute Gasteiger partial charge is 0.464 e. The molecule has 0 aliphatic rings. The molecule has 1 heterocycles. The molecule has 0 spiro atoms. The minimum atomic E-state index is -0.233. The van der Waals surface area contributed by atoms with Crippen LogP contribution < -0.4 is 10.6 Å². The fraction of sp³-hybridized carbons (Fsp3) is 0.333. The number of halogens is 1. The van der Waals surface area contributed by atoms with Gasteiger partial charge in [0.1, 0.15) is 17.3 Å². The Bertz CT molecular complexity index is 551. The number of nitrogens with two attached hydrogens (primary N) is 1. The highest BCUT2D eigenvalue weighted by Crippen LogP contribution is 2.20. The average molecular weight is 262 g/mol. The van der Waals surface area contributed by atoms with Crippen LogP contribution in [0.25, 0.3) is 0 Å². The smallest absolute Gasteiger partial charge is 0.125 e. The highest BCUT2D eigenvalue weighted by atomic mass is 19.1. The third-order valence-corrected chi connectivity index (χ3v) is 3.01. The second-order valence-corrected chi connectivity index (χ2v) is 4.72. The molecule has 0 fully saturated rings. The van der Waals surface area contributed by atoms with Crippen molar-refractivity contribution in [2.45, 2.75) is 19.9 Å². The molecule has 0 atom stereocenters. The van der Waals surface area contributed by atoms with E-state index < -0.39 is 0 Å². The molecule has 1 aromatic carbocycles. The Hall–Kier alpha value is -1.81. The van der Waals surface area contributed by atoms with Gasteiger partial charge in [-0.1, -0.05) is 0 Å². The third-order valence-electron chi connectivity index (χ3n) is 3.01. The van der Waals surface area contributed by atoms with Crippen LogP contribution in [0.1, 0.15) is 17.1 Å². The Kier molecular flexibility index (Phi) is 4.22. The van der Waals surface area contributed by atoms with E-state index in [1.807, 2.05) is 37.1 Å². The molecule has 4 heteroatoms. The fourth-order valence-electron chi connectivity index (χ4n) is 2.06. The zero-order chi connectivity index (χ0) is 13.8. The lowest BCUT2D eigenvalue weighted by Crippen LogP contribution is -2.16. The van der Waals surface area contributed by atoms with Gasteiger partial charge < -0.3 is 15.1 Å². The molecule has 19 heavy (non-hydrogen) atoms. The summed E-state index contributed by atoms with van der Waals surface area (Å²) >= 11 is 0. The van der Waals surface area contributed by atoms with Gasteiger partial charge in [-0.15, -0.1) is 0 Å². The van der Waals surface area contributed by atoms with Crippen LogP contribution in [0.5, 0.6) is 0 Å². The van der Waals surface area contributed by atoms with Crippen LogP contribution in [0.4, 0.5) is 10.1 Å². The number of rotatable bonds is 5. The van der Waals surface area contributed by atoms with Crippen LogP contribution in [-0.4, -0.2) is 13.6 Å². The first-order valence-electron chi connectivity index (χ1n) is 6.34. The minimum Gasteiger partial charge on any atom is -0.464 e. The molecule has 102 valence electrons. The molecule has 0 saturated heterocycles. The molecule has 3 nitrogen and oxygen atoms in total. The van der Waals surface area contributed by atoms with E-state index in [1.54, 1.807) is 0 Å². The van der Waals surface area contributed by atoms with E-state index >= 15 is 0 Å². The van der Waals surface area contributed by atoms with Gasteiger partial charge in [0.25, 0.3) is 0 Å². The van der Waals surface area contributed by atoms with Crippen molar-refractivity contribution < 1.29 is 8.81 Å². The molecular weight excluding hydrogens is 243 g/mol. The van der Waals surface area contributed by atoms with Crippen LogP contribution in [0.3, 0.4) is 0 Å². The summed E-state index contributed by atoms with van der Waals surface area (Å²) in [6.45, 7) is 3.04. The number of aryl methyl sites for hydroxylation is 1. The molecule has 1 aromatic heterocycles. The Morgan fingerprint density at radius 1 is 1.26 bits per heavy atom. The summed E-state index contributed by atoms with van der Waals surface area (Å²) in [4.78, 5) is 1.96. The van der Waals surface area contributed by atoms with Crippen molar-refractivity contribution >= 4 is 5.69 Å². The zero-order valence-corrected chi connectivity index (χ0v) is 11.3. The van der Waals surface area contributed by atoms with Gasteiger partial charge in [-0.25, -0.2) is 4.39 Å². The first kappa shape index (κ1) is 13.6. The molecule has 0 amide bonds. The summed E-state index contributed by atoms with van der Waals surface area (Å²) in [6.07, 6.45) is 0.679. The summed E-state index contributed by atoms with van der Waals surface area (Å²) < 4.78 is 19.1. The van der Waals surface area contributed by atoms with Gasteiger partial charge in [0.15, 0.2) is 0 Å². The van der Waals surface area contributed by atoms with Crippen molar-refractivity contribution in [1.29, 1.82) is 0 Å². The number of benzene rings is 1. The maximum absolute atomic E-state index is 13.6. The van der Waals surface area contributed by atoms with Crippen LogP contribution >= 0.6 is 0 Å². The van der Waals surface area contributed by atoms with Gasteiger partial charge >= 0.3 is 0 Å². The number of furan rings is 1. The first-order chi connectivity index (χ1) is 9.08. The van der Waals surface area contributed by atoms with Gasteiger partial charge in [-0.05, 0) is 55.8 Å². The SMILES string of the molecule is Cc1ccc(CN(C)c2cc(F)cc(CCN)c2)o1. The summed E-state index contributed by atoms with van der Waals surface area (Å²) in [5, 5.41) is 0. The number of nitrogens with zero attached hydrogens (tertiary/aromatic N) is 1. The Balaban J connectivity index is 2.15. The maximum atomic E-state index is 13.6. The van der Waals surface area contributed by atoms with Crippen LogP contribution in [0.15, 0.2) is 34.7 Å². The molecule has 0 unspecified atom stereocenters. The number of hydrogen-bond donors (Lipinski definition) is 1. The Morgan fingerprint density at radius 3 is 2.68 bits per heavy atom. The van der Waals surface area contributed by atoms with Crippen molar-refractivity contribution in [3.63, 3.8) is 0 Å². The first-order valence-corrected chi connectivity index (χ1v) is 6.34. The monoisotopic (exact) mass is 262 g/mol. The van der Waals surface area contributed by atoms with Gasteiger partial charge in [-0.2, -0.15) is 0 Å². The third kappa shape index (κ3) is 3.58. The highest BCUT2D eigenvalue weighted by molar-refractivity contribution is 5.48. The van der Waals surface area contributed by atoms with Crippen molar-refractivity contribution in [2.75, 3.05) is 18.5 Å². The van der Waals surface area contributed by atoms with Gasteiger partial charge in [0.2, 0.25) is 0 Å². The average Bonchev–Trinajstić information content (AvgIpc) is 2.74. The summed E-state index contributed by atoms with van der Waals surface area (Å²) in [5.41, 5.74) is 7.26. The van der Waals surface area contributed by atoms with E-state index in [0.29, 0.717) is 19.5 Å². The second kappa shape index (κ2) is 5.89. The van der Waals surface area contributed by atoms with E-state index in [2.05, 4.69) is 0 Å².